The van der Waals surface area contributed by atoms with Gasteiger partial charge in [0, 0.05) is 6.07 Å². The summed E-state index contributed by atoms with van der Waals surface area (Å²) < 4.78 is 37.8. The molecule has 0 spiro atoms. The van der Waals surface area contributed by atoms with Crippen molar-refractivity contribution in [2.75, 3.05) is 0 Å². The third kappa shape index (κ3) is 4.12. The number of thiazole rings is 1. The fraction of sp³-hybridized carbons (Fsp3) is 0.462. The molecule has 0 saturated heterocycles. The van der Waals surface area contributed by atoms with Gasteiger partial charge in [-0.3, -0.25) is 0 Å². The number of benzene rings is 1. The van der Waals surface area contributed by atoms with Crippen LogP contribution in [0.4, 0.5) is 0 Å². The number of hydrogen-bond acceptors (Lipinski definition) is 5. The van der Waals surface area contributed by atoms with Gasteiger partial charge in [-0.25, -0.2) is 18.6 Å². The van der Waals surface area contributed by atoms with Gasteiger partial charge in [-0.1, -0.05) is 36.3 Å². The zero-order valence-electron chi connectivity index (χ0n) is 11.1. The predicted octanol–water partition coefficient (Wildman–Crippen LogP) is -1.37. The first-order valence-corrected chi connectivity index (χ1v) is 8.40. The van der Waals surface area contributed by atoms with Crippen LogP contribution in [-0.2, 0) is 7.05 Å². The van der Waals surface area contributed by atoms with Crippen LogP contribution in [0.3, 0.4) is 0 Å². The fourth-order valence-corrected chi connectivity index (χ4v) is 3.97. The maximum atomic E-state index is 8.49. The lowest BCUT2D eigenvalue weighted by atomic mass is 10.1. The number of nitrogens with zero attached hydrogens (tertiary/aromatic N) is 1. The van der Waals surface area contributed by atoms with Crippen molar-refractivity contribution < 1.29 is 33.4 Å². The van der Waals surface area contributed by atoms with Gasteiger partial charge in [0.25, 0.3) is 0 Å². The summed E-state index contributed by atoms with van der Waals surface area (Å²) in [6.07, 6.45) is 5.61. The Morgan fingerprint density at radius 1 is 1.10 bits per heavy atom. The molecule has 0 aliphatic heterocycles. The lowest BCUT2D eigenvalue weighted by molar-refractivity contribution is -2.00. The van der Waals surface area contributed by atoms with Crippen LogP contribution in [0.2, 0.25) is 0 Å². The van der Waals surface area contributed by atoms with Gasteiger partial charge in [0.1, 0.15) is 11.7 Å². The Bertz CT molecular complexity index is 569. The third-order valence-electron chi connectivity index (χ3n) is 3.48. The summed E-state index contributed by atoms with van der Waals surface area (Å²) in [4.78, 5) is 0. The normalized spacial score (nSPS) is 16.2. The molecule has 0 N–H and O–H groups in total. The summed E-state index contributed by atoms with van der Waals surface area (Å²) in [5, 5.41) is 1.58. The molecule has 1 aliphatic carbocycles. The molecule has 1 aromatic carbocycles. The van der Waals surface area contributed by atoms with E-state index in [-0.39, 0.29) is 0 Å². The second-order valence-electron chi connectivity index (χ2n) is 4.83. The molecule has 1 aromatic heterocycles. The highest BCUT2D eigenvalue weighted by Crippen LogP contribution is 2.36. The van der Waals surface area contributed by atoms with Crippen molar-refractivity contribution in [3.63, 3.8) is 0 Å². The molecule has 0 atom stereocenters. The van der Waals surface area contributed by atoms with Crippen LogP contribution in [-0.4, -0.2) is 0 Å². The van der Waals surface area contributed by atoms with Gasteiger partial charge < -0.3 is 0 Å². The Morgan fingerprint density at radius 2 is 1.65 bits per heavy atom. The third-order valence-corrected chi connectivity index (χ3v) is 4.86. The zero-order valence-corrected chi connectivity index (χ0v) is 12.7. The van der Waals surface area contributed by atoms with Crippen LogP contribution in [0.25, 0.3) is 10.2 Å². The van der Waals surface area contributed by atoms with Gasteiger partial charge >= 0.3 is 0 Å². The van der Waals surface area contributed by atoms with Crippen molar-refractivity contribution in [1.29, 1.82) is 0 Å². The SMILES string of the molecule is C[n+]1c(C2CCCC2)sc2ccccc21.[O-][Cl+3]([O-])([O-])[O-]. The molecule has 1 heterocycles. The number of rotatable bonds is 1. The lowest BCUT2D eigenvalue weighted by Gasteiger charge is -2.17. The van der Waals surface area contributed by atoms with E-state index in [0.29, 0.717) is 0 Å². The van der Waals surface area contributed by atoms with Crippen molar-refractivity contribution >= 4 is 21.6 Å². The van der Waals surface area contributed by atoms with Gasteiger partial charge in [-0.05, 0) is 18.9 Å². The number of para-hydroxylation sites is 1. The molecule has 5 nitrogen and oxygen atoms in total. The van der Waals surface area contributed by atoms with Crippen molar-refractivity contribution in [3.05, 3.63) is 29.3 Å². The number of fused-ring (bicyclic) bond motifs is 1. The minimum Gasteiger partial charge on any atom is -0.222 e. The van der Waals surface area contributed by atoms with Crippen molar-refractivity contribution in [2.24, 2.45) is 7.05 Å². The Morgan fingerprint density at radius 3 is 2.20 bits per heavy atom. The molecular weight excluding hydrogens is 302 g/mol. The van der Waals surface area contributed by atoms with E-state index in [9.17, 15) is 0 Å². The standard InChI is InChI=1S/C13H16NS.ClHO4/c1-14-11-8-4-5-9-12(11)15-13(14)10-6-2-3-7-10;2-1(3,4)5/h4-5,8-10H,2-3,6-7H2,1H3;(H,2,3,4,5)/q+1;/p-1. The largest absolute Gasteiger partial charge is 0.241 e. The highest BCUT2D eigenvalue weighted by atomic mass is 35.7. The van der Waals surface area contributed by atoms with E-state index >= 15 is 0 Å². The summed E-state index contributed by atoms with van der Waals surface area (Å²) in [5.74, 6) is 0.826. The predicted molar refractivity (Wildman–Crippen MR) is 64.2 cm³/mol. The molecule has 0 amide bonds. The summed E-state index contributed by atoms with van der Waals surface area (Å²) in [5.41, 5.74) is 1.39. The van der Waals surface area contributed by atoms with E-state index in [1.807, 2.05) is 11.3 Å². The Hall–Kier alpha value is -0.760. The van der Waals surface area contributed by atoms with Crippen LogP contribution in [0, 0.1) is 10.2 Å². The number of aryl methyl sites for hydroxylation is 1. The topological polar surface area (TPSA) is 96.1 Å². The van der Waals surface area contributed by atoms with Gasteiger partial charge in [0.2, 0.25) is 10.5 Å². The first-order valence-electron chi connectivity index (χ1n) is 6.35. The highest BCUT2D eigenvalue weighted by molar-refractivity contribution is 7.18. The van der Waals surface area contributed by atoms with Crippen molar-refractivity contribution in [1.82, 2.24) is 0 Å². The molecule has 1 fully saturated rings. The maximum Gasteiger partial charge on any atom is 0.241 e. The highest BCUT2D eigenvalue weighted by Gasteiger charge is 2.28. The second-order valence-corrected chi connectivity index (χ2v) is 6.64. The molecule has 0 radical (unpaired) electrons. The van der Waals surface area contributed by atoms with Gasteiger partial charge in [0.15, 0.2) is 0 Å². The smallest absolute Gasteiger partial charge is 0.222 e. The second kappa shape index (κ2) is 6.34. The molecule has 20 heavy (non-hydrogen) atoms. The maximum absolute atomic E-state index is 8.49. The molecule has 2 aromatic rings. The molecule has 110 valence electrons. The van der Waals surface area contributed by atoms with Crippen LogP contribution in [0.1, 0.15) is 36.6 Å². The average molecular weight is 318 g/mol. The van der Waals surface area contributed by atoms with Crippen LogP contribution >= 0.6 is 11.3 Å². The number of hydrogen-bond donors (Lipinski definition) is 0. The summed E-state index contributed by atoms with van der Waals surface area (Å²) in [7, 11) is -2.73. The number of aromatic nitrogens is 1. The quantitative estimate of drug-likeness (QED) is 0.606. The van der Waals surface area contributed by atoms with Gasteiger partial charge in [-0.15, -0.1) is 10.2 Å². The van der Waals surface area contributed by atoms with E-state index < -0.39 is 10.2 Å². The van der Waals surface area contributed by atoms with Crippen molar-refractivity contribution in [2.45, 2.75) is 31.6 Å². The van der Waals surface area contributed by atoms with E-state index in [1.54, 1.807) is 5.01 Å². The first kappa shape index (κ1) is 15.6. The van der Waals surface area contributed by atoms with Gasteiger partial charge in [-0.2, -0.15) is 4.57 Å². The fourth-order valence-electron chi connectivity index (χ4n) is 2.65. The molecule has 7 heteroatoms. The molecular formula is C13H16ClNO4S. The van der Waals surface area contributed by atoms with Crippen LogP contribution in [0.15, 0.2) is 24.3 Å². The average Bonchev–Trinajstić information content (AvgIpc) is 2.96. The summed E-state index contributed by atoms with van der Waals surface area (Å²) in [6, 6.07) is 8.73. The molecule has 1 saturated carbocycles. The van der Waals surface area contributed by atoms with E-state index in [4.69, 9.17) is 18.6 Å². The monoisotopic (exact) mass is 317 g/mol. The van der Waals surface area contributed by atoms with Gasteiger partial charge in [0.05, 0.1) is 5.92 Å². The first-order chi connectivity index (χ1) is 9.36. The Kier molecular flexibility index (Phi) is 4.95. The summed E-state index contributed by atoms with van der Waals surface area (Å²) in [6.45, 7) is 0. The van der Waals surface area contributed by atoms with E-state index in [2.05, 4.69) is 35.9 Å². The molecule has 1 aliphatic rings. The molecule has 0 bridgehead atoms. The summed E-state index contributed by atoms with van der Waals surface area (Å²) >= 11 is 1.98. The van der Waals surface area contributed by atoms with E-state index in [1.165, 1.54) is 35.9 Å². The Labute approximate surface area is 123 Å². The van der Waals surface area contributed by atoms with Crippen molar-refractivity contribution in [3.8, 4) is 0 Å². The van der Waals surface area contributed by atoms with E-state index in [0.717, 1.165) is 5.92 Å². The Balaban J connectivity index is 0.000000257. The minimum absolute atomic E-state index is 0.826. The van der Waals surface area contributed by atoms with Crippen LogP contribution in [0.5, 0.6) is 0 Å². The number of halogens is 1. The molecule has 0 unspecified atom stereocenters. The zero-order chi connectivity index (χ0) is 14.8. The lowest BCUT2D eigenvalue weighted by Crippen LogP contribution is -2.68. The molecule has 3 rings (SSSR count). The minimum atomic E-state index is -4.94. The van der Waals surface area contributed by atoms with Crippen LogP contribution < -0.4 is 23.2 Å².